The first-order valence-electron chi connectivity index (χ1n) is 5.55. The average Bonchev–Trinajstić information content (AvgIpc) is 2.29. The lowest BCUT2D eigenvalue weighted by molar-refractivity contribution is 0.258. The highest BCUT2D eigenvalue weighted by Crippen LogP contribution is 2.28. The molecule has 6 heteroatoms. The third kappa shape index (κ3) is 2.54. The highest BCUT2D eigenvalue weighted by atomic mass is 79.9. The van der Waals surface area contributed by atoms with Gasteiger partial charge in [-0.25, -0.2) is 8.42 Å². The molecule has 4 nitrogen and oxygen atoms in total. The number of halogens is 1. The Morgan fingerprint density at radius 2 is 2.00 bits per heavy atom. The third-order valence-corrected chi connectivity index (χ3v) is 5.86. The fourth-order valence-electron chi connectivity index (χ4n) is 2.01. The summed E-state index contributed by atoms with van der Waals surface area (Å²) in [5, 5.41) is 0. The molecule has 1 aromatic rings. The van der Waals surface area contributed by atoms with E-state index in [0.29, 0.717) is 11.0 Å². The summed E-state index contributed by atoms with van der Waals surface area (Å²) in [4.78, 5) is 0.289. The molecule has 0 bridgehead atoms. The van der Waals surface area contributed by atoms with Crippen LogP contribution in [0, 0.1) is 0 Å². The Kier molecular flexibility index (Phi) is 3.87. The summed E-state index contributed by atoms with van der Waals surface area (Å²) in [5.41, 5.74) is 5.88. The second-order valence-corrected chi connectivity index (χ2v) is 6.82. The molecule has 1 saturated heterocycles. The van der Waals surface area contributed by atoms with Gasteiger partial charge in [0.1, 0.15) is 0 Å². The molecule has 0 spiro atoms. The molecule has 0 aliphatic carbocycles. The zero-order chi connectivity index (χ0) is 12.5. The predicted molar refractivity (Wildman–Crippen MR) is 69.9 cm³/mol. The van der Waals surface area contributed by atoms with Crippen molar-refractivity contribution in [3.05, 3.63) is 28.7 Å². The van der Waals surface area contributed by atoms with E-state index in [0.717, 1.165) is 19.3 Å². The predicted octanol–water partition coefficient (Wildman–Crippen LogP) is 1.91. The summed E-state index contributed by atoms with van der Waals surface area (Å²) in [7, 11) is -3.48. The van der Waals surface area contributed by atoms with Crippen LogP contribution in [0.15, 0.2) is 33.6 Å². The van der Waals surface area contributed by atoms with Crippen molar-refractivity contribution in [3.63, 3.8) is 0 Å². The molecule has 0 saturated carbocycles. The molecule has 1 atom stereocenters. The first-order chi connectivity index (χ1) is 8.03. The van der Waals surface area contributed by atoms with E-state index >= 15 is 0 Å². The Hall–Kier alpha value is -0.430. The van der Waals surface area contributed by atoms with Gasteiger partial charge in [0.15, 0.2) is 0 Å². The number of piperidine rings is 1. The Morgan fingerprint density at radius 3 is 2.65 bits per heavy atom. The summed E-state index contributed by atoms with van der Waals surface area (Å²) >= 11 is 3.27. The van der Waals surface area contributed by atoms with Gasteiger partial charge in [-0.2, -0.15) is 4.31 Å². The largest absolute Gasteiger partial charge is 0.315 e. The van der Waals surface area contributed by atoms with E-state index in [-0.39, 0.29) is 4.90 Å². The molecule has 0 amide bonds. The van der Waals surface area contributed by atoms with Gasteiger partial charge in [-0.15, -0.1) is 0 Å². The lowest BCUT2D eigenvalue weighted by Crippen LogP contribution is -2.48. The van der Waals surface area contributed by atoms with Gasteiger partial charge in [-0.05, 0) is 47.3 Å². The van der Waals surface area contributed by atoms with E-state index in [4.69, 9.17) is 5.73 Å². The van der Waals surface area contributed by atoms with Crippen LogP contribution < -0.4 is 5.73 Å². The number of rotatable bonds is 2. The summed E-state index contributed by atoms with van der Waals surface area (Å²) in [6, 6.07) is 6.83. The number of nitrogens with zero attached hydrogens (tertiary/aromatic N) is 1. The maximum absolute atomic E-state index is 12.4. The fourth-order valence-corrected chi connectivity index (χ4v) is 4.56. The van der Waals surface area contributed by atoms with Gasteiger partial charge < -0.3 is 5.73 Å². The van der Waals surface area contributed by atoms with Crippen LogP contribution in [0.2, 0.25) is 0 Å². The lowest BCUT2D eigenvalue weighted by Gasteiger charge is -2.32. The Morgan fingerprint density at radius 1 is 1.29 bits per heavy atom. The molecule has 94 valence electrons. The molecule has 1 aliphatic rings. The quantitative estimate of drug-likeness (QED) is 0.906. The number of hydrogen-bond donors (Lipinski definition) is 1. The average molecular weight is 319 g/mol. The Bertz CT molecular complexity index is 504. The van der Waals surface area contributed by atoms with Gasteiger partial charge >= 0.3 is 0 Å². The molecule has 2 rings (SSSR count). The zero-order valence-electron chi connectivity index (χ0n) is 9.34. The van der Waals surface area contributed by atoms with Crippen LogP contribution in [0.25, 0.3) is 0 Å². The van der Waals surface area contributed by atoms with Crippen LogP contribution in [0.3, 0.4) is 0 Å². The van der Waals surface area contributed by atoms with Crippen LogP contribution in [-0.4, -0.2) is 25.4 Å². The molecule has 1 unspecified atom stereocenters. The van der Waals surface area contributed by atoms with Crippen molar-refractivity contribution in [1.82, 2.24) is 4.31 Å². The van der Waals surface area contributed by atoms with Crippen LogP contribution in [0.1, 0.15) is 19.3 Å². The number of benzene rings is 1. The van der Waals surface area contributed by atoms with Crippen molar-refractivity contribution in [1.29, 1.82) is 0 Å². The molecule has 2 N–H and O–H groups in total. The van der Waals surface area contributed by atoms with Crippen LogP contribution in [-0.2, 0) is 10.0 Å². The Balaban J connectivity index is 2.39. The van der Waals surface area contributed by atoms with E-state index in [9.17, 15) is 8.42 Å². The number of hydrogen-bond acceptors (Lipinski definition) is 3. The topological polar surface area (TPSA) is 63.4 Å². The monoisotopic (exact) mass is 318 g/mol. The highest BCUT2D eigenvalue weighted by molar-refractivity contribution is 9.10. The van der Waals surface area contributed by atoms with E-state index < -0.39 is 16.2 Å². The Labute approximate surface area is 110 Å². The summed E-state index contributed by atoms with van der Waals surface area (Å²) < 4.78 is 26.8. The van der Waals surface area contributed by atoms with E-state index in [1.807, 2.05) is 0 Å². The van der Waals surface area contributed by atoms with Crippen LogP contribution in [0.4, 0.5) is 0 Å². The van der Waals surface area contributed by atoms with Crippen molar-refractivity contribution in [3.8, 4) is 0 Å². The number of nitrogens with two attached hydrogens (primary N) is 1. The molecular weight excluding hydrogens is 304 g/mol. The van der Waals surface area contributed by atoms with Crippen molar-refractivity contribution < 1.29 is 8.42 Å². The highest BCUT2D eigenvalue weighted by Gasteiger charge is 2.32. The van der Waals surface area contributed by atoms with E-state index in [2.05, 4.69) is 15.9 Å². The standard InChI is InChI=1S/C11H15BrN2O2S/c12-9-5-1-2-6-10(9)17(15,16)14-8-4-3-7-11(14)13/h1-2,5-6,11H,3-4,7-8,13H2. The second kappa shape index (κ2) is 5.06. The van der Waals surface area contributed by atoms with Gasteiger partial charge in [0.2, 0.25) is 10.0 Å². The van der Waals surface area contributed by atoms with E-state index in [1.165, 1.54) is 4.31 Å². The molecule has 0 radical (unpaired) electrons. The minimum absolute atomic E-state index is 0.289. The molecular formula is C11H15BrN2O2S. The first kappa shape index (κ1) is 13.0. The molecule has 1 heterocycles. The van der Waals surface area contributed by atoms with Gasteiger partial charge in [0, 0.05) is 11.0 Å². The molecule has 1 fully saturated rings. The van der Waals surface area contributed by atoms with Crippen molar-refractivity contribution in [2.75, 3.05) is 6.54 Å². The lowest BCUT2D eigenvalue weighted by atomic mass is 10.1. The summed E-state index contributed by atoms with van der Waals surface area (Å²) in [6.07, 6.45) is 2.19. The van der Waals surface area contributed by atoms with E-state index in [1.54, 1.807) is 24.3 Å². The molecule has 1 aromatic carbocycles. The number of sulfonamides is 1. The van der Waals surface area contributed by atoms with Gasteiger partial charge in [-0.3, -0.25) is 0 Å². The molecule has 17 heavy (non-hydrogen) atoms. The van der Waals surface area contributed by atoms with Crippen molar-refractivity contribution >= 4 is 26.0 Å². The smallest absolute Gasteiger partial charge is 0.245 e. The fraction of sp³-hybridized carbons (Fsp3) is 0.455. The maximum atomic E-state index is 12.4. The van der Waals surface area contributed by atoms with Crippen LogP contribution in [0.5, 0.6) is 0 Å². The summed E-state index contributed by atoms with van der Waals surface area (Å²) in [5.74, 6) is 0. The first-order valence-corrected chi connectivity index (χ1v) is 7.79. The van der Waals surface area contributed by atoms with Gasteiger partial charge in [0.05, 0.1) is 11.1 Å². The van der Waals surface area contributed by atoms with Crippen molar-refractivity contribution in [2.24, 2.45) is 5.73 Å². The molecule has 0 aromatic heterocycles. The maximum Gasteiger partial charge on any atom is 0.245 e. The normalized spacial score (nSPS) is 22.6. The van der Waals surface area contributed by atoms with Gasteiger partial charge in [-0.1, -0.05) is 12.1 Å². The third-order valence-electron chi connectivity index (χ3n) is 2.92. The summed E-state index contributed by atoms with van der Waals surface area (Å²) in [6.45, 7) is 0.505. The minimum atomic E-state index is -3.48. The minimum Gasteiger partial charge on any atom is -0.315 e. The SMILES string of the molecule is NC1CCCCN1S(=O)(=O)c1ccccc1Br. The second-order valence-electron chi connectivity index (χ2n) is 4.11. The zero-order valence-corrected chi connectivity index (χ0v) is 11.7. The van der Waals surface area contributed by atoms with Gasteiger partial charge in [0.25, 0.3) is 0 Å². The molecule has 1 aliphatic heterocycles. The van der Waals surface area contributed by atoms with Crippen molar-refractivity contribution in [2.45, 2.75) is 30.3 Å². The van der Waals surface area contributed by atoms with Crippen LogP contribution >= 0.6 is 15.9 Å².